The summed E-state index contributed by atoms with van der Waals surface area (Å²) in [5, 5.41) is 2.69. The van der Waals surface area contributed by atoms with E-state index >= 15 is 0 Å². The fourth-order valence-corrected chi connectivity index (χ4v) is 16.7. The third-order valence-electron chi connectivity index (χ3n) is 21.0. The highest BCUT2D eigenvalue weighted by molar-refractivity contribution is 6.08. The van der Waals surface area contributed by atoms with Gasteiger partial charge in [0.25, 0.3) is 0 Å². The first-order valence-electron chi connectivity index (χ1n) is 38.9. The van der Waals surface area contributed by atoms with Gasteiger partial charge in [0.15, 0.2) is 0 Å². The molecule has 1 saturated carbocycles. The number of para-hydroxylation sites is 5. The predicted octanol–water partition coefficient (Wildman–Crippen LogP) is 23.9. The molecular formula is C88H143N5O3. The van der Waals surface area contributed by atoms with E-state index in [1.807, 2.05) is 69.2 Å². The quantitative estimate of drug-likeness (QED) is 0.150. The lowest BCUT2D eigenvalue weighted by Gasteiger charge is -2.50. The molecule has 4 unspecified atom stereocenters. The van der Waals surface area contributed by atoms with E-state index in [-0.39, 0.29) is 27.8 Å². The molecule has 4 saturated heterocycles. The molecule has 0 N–H and O–H groups in total. The third kappa shape index (κ3) is 19.4. The third-order valence-corrected chi connectivity index (χ3v) is 21.0. The van der Waals surface area contributed by atoms with Gasteiger partial charge in [-0.15, -0.1) is 0 Å². The summed E-state index contributed by atoms with van der Waals surface area (Å²) in [5.41, 5.74) is 13.1. The summed E-state index contributed by atoms with van der Waals surface area (Å²) < 4.78 is 19.9. The average molecular weight is 1320 g/mol. The second-order valence-electron chi connectivity index (χ2n) is 31.8. The molecule has 14 rings (SSSR count). The van der Waals surface area contributed by atoms with E-state index in [0.29, 0.717) is 16.4 Å². The van der Waals surface area contributed by atoms with E-state index in [1.54, 1.807) is 5.56 Å². The molecule has 6 aromatic rings. The largest absolute Gasteiger partial charge is 0.381 e. The van der Waals surface area contributed by atoms with Crippen LogP contribution in [0.25, 0.3) is 21.8 Å². The minimum Gasteiger partial charge on any atom is -0.381 e. The molecule has 8 aliphatic rings. The van der Waals surface area contributed by atoms with Crippen LogP contribution in [0.4, 0.5) is 17.1 Å². The minimum absolute atomic E-state index is 0.0122. The van der Waals surface area contributed by atoms with Crippen molar-refractivity contribution in [1.82, 2.24) is 9.47 Å². The van der Waals surface area contributed by atoms with Gasteiger partial charge in [0.2, 0.25) is 0 Å². The summed E-state index contributed by atoms with van der Waals surface area (Å²) in [6, 6.07) is 44.9. The van der Waals surface area contributed by atoms with E-state index in [1.165, 1.54) is 147 Å². The van der Waals surface area contributed by atoms with Gasteiger partial charge in [0, 0.05) is 135 Å². The Balaban J connectivity index is 0.000000210. The number of hydrogen-bond donors (Lipinski definition) is 0. The van der Waals surface area contributed by atoms with Crippen molar-refractivity contribution in [3.05, 3.63) is 138 Å². The molecule has 4 atom stereocenters. The highest BCUT2D eigenvalue weighted by Gasteiger charge is 2.47. The van der Waals surface area contributed by atoms with Crippen LogP contribution in [-0.2, 0) is 36.2 Å². The van der Waals surface area contributed by atoms with Crippen molar-refractivity contribution in [2.75, 3.05) is 73.9 Å². The van der Waals surface area contributed by atoms with Crippen LogP contribution < -0.4 is 14.7 Å². The zero-order valence-electron chi connectivity index (χ0n) is 66.4. The van der Waals surface area contributed by atoms with Gasteiger partial charge in [-0.1, -0.05) is 173 Å². The summed E-state index contributed by atoms with van der Waals surface area (Å²) in [4.78, 5) is 10.4. The second-order valence-corrected chi connectivity index (χ2v) is 31.8. The van der Waals surface area contributed by atoms with Gasteiger partial charge >= 0.3 is 0 Å². The Bertz CT molecular complexity index is 3030. The Morgan fingerprint density at radius 3 is 1.19 bits per heavy atom. The van der Waals surface area contributed by atoms with Gasteiger partial charge < -0.3 is 33.5 Å². The molecule has 8 heterocycles. The molecule has 8 nitrogen and oxygen atoms in total. The molecule has 0 radical (unpaired) electrons. The normalized spacial score (nSPS) is 22.4. The number of aromatic nitrogens is 1. The first-order chi connectivity index (χ1) is 45.8. The Morgan fingerprint density at radius 2 is 0.740 bits per heavy atom. The SMILES string of the molecule is CC.CC.CC.CC.CC.CC(C)(C)N1CCC2(CCCO2)c2ccccc21.CC(C)(C)N1CCC2(CCOC2)c2ccccc21.CC(C)(C)N1CCC2(CCOCC2)c2ccccc21.CC(C)(C)N1CCCC2CCCCC21.CC(C)(C)n1c2ccccc2c2ccccc21. The van der Waals surface area contributed by atoms with Gasteiger partial charge in [-0.05, 0) is 235 Å². The van der Waals surface area contributed by atoms with Crippen LogP contribution in [-0.4, -0.2) is 96.9 Å². The van der Waals surface area contributed by atoms with E-state index in [9.17, 15) is 0 Å². The molecule has 1 aliphatic carbocycles. The van der Waals surface area contributed by atoms with Crippen molar-refractivity contribution in [1.29, 1.82) is 0 Å². The van der Waals surface area contributed by atoms with E-state index in [4.69, 9.17) is 14.2 Å². The molecule has 538 valence electrons. The molecule has 1 aromatic heterocycles. The Kier molecular flexibility index (Phi) is 31.1. The van der Waals surface area contributed by atoms with Crippen molar-refractivity contribution in [3.63, 3.8) is 0 Å². The number of fused-ring (bicyclic) bond motifs is 10. The molecular weight excluding hydrogens is 1170 g/mol. The molecule has 0 amide bonds. The maximum absolute atomic E-state index is 6.14. The topological polar surface area (TPSA) is 45.6 Å². The lowest BCUT2D eigenvalue weighted by atomic mass is 9.68. The number of rotatable bonds is 0. The van der Waals surface area contributed by atoms with Gasteiger partial charge in [-0.3, -0.25) is 4.90 Å². The Hall–Kier alpha value is -4.86. The maximum atomic E-state index is 6.14. The predicted molar refractivity (Wildman–Crippen MR) is 423 cm³/mol. The molecule has 3 spiro atoms. The first-order valence-corrected chi connectivity index (χ1v) is 38.9. The van der Waals surface area contributed by atoms with E-state index < -0.39 is 0 Å². The number of piperidine rings is 1. The zero-order chi connectivity index (χ0) is 71.3. The van der Waals surface area contributed by atoms with Crippen LogP contribution >= 0.6 is 0 Å². The smallest absolute Gasteiger partial charge is 0.0968 e. The number of likely N-dealkylation sites (tertiary alicyclic amines) is 1. The van der Waals surface area contributed by atoms with Gasteiger partial charge in [-0.25, -0.2) is 0 Å². The fourth-order valence-electron chi connectivity index (χ4n) is 16.7. The number of ether oxygens (including phenoxy) is 3. The number of nitrogens with zero attached hydrogens (tertiary/aromatic N) is 5. The van der Waals surface area contributed by atoms with Crippen molar-refractivity contribution in [3.8, 4) is 0 Å². The molecule has 5 aromatic carbocycles. The summed E-state index contributed by atoms with van der Waals surface area (Å²) in [6.45, 7) is 63.9. The summed E-state index contributed by atoms with van der Waals surface area (Å²) >= 11 is 0. The lowest BCUT2D eigenvalue weighted by Crippen LogP contribution is -2.54. The van der Waals surface area contributed by atoms with Crippen LogP contribution in [0.15, 0.2) is 121 Å². The second kappa shape index (κ2) is 36.5. The maximum Gasteiger partial charge on any atom is 0.0968 e. The summed E-state index contributed by atoms with van der Waals surface area (Å²) in [7, 11) is 0. The van der Waals surface area contributed by atoms with Crippen molar-refractivity contribution < 1.29 is 14.2 Å². The fraction of sp³-hybridized carbons (Fsp3) is 0.659. The van der Waals surface area contributed by atoms with Crippen LogP contribution in [0.5, 0.6) is 0 Å². The van der Waals surface area contributed by atoms with Gasteiger partial charge in [0.05, 0.1) is 12.2 Å². The molecule has 5 fully saturated rings. The summed E-state index contributed by atoms with van der Waals surface area (Å²) in [5.74, 6) is 1.02. The Labute approximate surface area is 590 Å². The van der Waals surface area contributed by atoms with Crippen LogP contribution in [0.2, 0.25) is 0 Å². The van der Waals surface area contributed by atoms with Crippen LogP contribution in [0, 0.1) is 5.92 Å². The van der Waals surface area contributed by atoms with Crippen molar-refractivity contribution in [2.45, 2.75) is 313 Å². The molecule has 8 heteroatoms. The molecule has 7 aliphatic heterocycles. The van der Waals surface area contributed by atoms with E-state index in [0.717, 1.165) is 64.5 Å². The monoisotopic (exact) mass is 1320 g/mol. The molecule has 96 heavy (non-hydrogen) atoms. The van der Waals surface area contributed by atoms with Crippen LogP contribution in [0.3, 0.4) is 0 Å². The Morgan fingerprint density at radius 1 is 0.344 bits per heavy atom. The van der Waals surface area contributed by atoms with Gasteiger partial charge in [0.1, 0.15) is 0 Å². The first kappa shape index (κ1) is 81.8. The van der Waals surface area contributed by atoms with Crippen molar-refractivity contribution >= 4 is 38.9 Å². The van der Waals surface area contributed by atoms with Crippen molar-refractivity contribution in [2.24, 2.45) is 5.92 Å². The number of benzene rings is 5. The zero-order valence-corrected chi connectivity index (χ0v) is 66.4. The lowest BCUT2D eigenvalue weighted by molar-refractivity contribution is -0.00979. The average Bonchev–Trinajstić information content (AvgIpc) is 1.45. The highest BCUT2D eigenvalue weighted by Crippen LogP contribution is 2.51. The van der Waals surface area contributed by atoms with E-state index in [2.05, 4.69) is 249 Å². The van der Waals surface area contributed by atoms with Crippen LogP contribution in [0.1, 0.15) is 280 Å². The number of anilines is 3. The molecule has 0 bridgehead atoms. The highest BCUT2D eigenvalue weighted by atomic mass is 16.5. The standard InChI is InChI=1S/C17H25NO.2C16H23NO.C16H17N.C13H25N.5C2H6/c1-16(2,3)18-11-8-17(9-12-19-13-10-17)14-6-4-5-7-15(14)18;1-15(2,3)17-11-10-16(9-6-12-18-16)13-7-4-5-8-14(13)17;1-15(2,3)17-10-8-16(9-11-18-12-16)13-6-4-5-7-14(13)17;1-16(2,3)17-14-10-6-4-8-12(14)13-9-5-7-11-15(13)17;1-13(2,3)14-10-6-8-11-7-4-5-9-12(11)14;5*1-2/h4-7H,8-13H2,1-3H3;4-5,7-8H,6,9-12H2,1-3H3;4-7H,8-12H2,1-3H3;4-11H,1-3H3;11-12H,4-10H2,1-3H3;5*1-2H3. The minimum atomic E-state index is 0.0122. The van der Waals surface area contributed by atoms with Gasteiger partial charge in [-0.2, -0.15) is 0 Å². The number of hydrogen-bond acceptors (Lipinski definition) is 7. The summed E-state index contributed by atoms with van der Waals surface area (Å²) in [6.07, 6.45) is 18.4.